The third-order valence-corrected chi connectivity index (χ3v) is 21.1. The fourth-order valence-electron chi connectivity index (χ4n) is 9.66. The number of aryl methyl sites for hydroxylation is 2. The van der Waals surface area contributed by atoms with Crippen molar-refractivity contribution in [3.63, 3.8) is 0 Å². The molecule has 2 aromatic carbocycles. The van der Waals surface area contributed by atoms with Crippen LogP contribution in [0.15, 0.2) is 59.9 Å². The highest BCUT2D eigenvalue weighted by Gasteiger charge is 2.94. The Morgan fingerprint density at radius 3 is 1.13 bits per heavy atom. The molecule has 2 aromatic rings. The molecule has 152 valence electrons. The topological polar surface area (TPSA) is 0 Å². The Morgan fingerprint density at radius 2 is 0.833 bits per heavy atom. The molecule has 0 radical (unpaired) electrons. The van der Waals surface area contributed by atoms with Crippen LogP contribution >= 0.6 is 0 Å². The Balaban J connectivity index is 1.15. The molecule has 0 amide bonds. The predicted octanol–water partition coefficient (Wildman–Crippen LogP) is 7.28. The van der Waals surface area contributed by atoms with Crippen molar-refractivity contribution in [3.05, 3.63) is 82.2 Å². The molecule has 2 aliphatic carbocycles. The first kappa shape index (κ1) is 18.0. The van der Waals surface area contributed by atoms with E-state index in [1.165, 1.54) is 22.3 Å². The third kappa shape index (κ3) is 1.90. The summed E-state index contributed by atoms with van der Waals surface area (Å²) in [5.74, 6) is 4.48. The Bertz CT molecular complexity index is 959. The molecule has 2 saturated carbocycles. The SMILES string of the molecule is Cc1ccc(/C=C/[Si]2(C)C3C4C5C2C2C3C4[Si](C)(/C=C/c3ccc(C)cc3)C52)cc1. The minimum atomic E-state index is -1.25. The normalized spacial score (nSPS) is 48.7. The lowest BCUT2D eigenvalue weighted by Gasteiger charge is -2.60. The maximum atomic E-state index is 2.78. The zero-order chi connectivity index (χ0) is 20.4. The van der Waals surface area contributed by atoms with E-state index < -0.39 is 16.1 Å². The molecule has 6 aliphatic rings. The van der Waals surface area contributed by atoms with Gasteiger partial charge in [-0.05, 0) is 70.8 Å². The smallest absolute Gasteiger partial charge is 0.0820 e. The van der Waals surface area contributed by atoms with Crippen LogP contribution in [0.4, 0.5) is 0 Å². The van der Waals surface area contributed by atoms with Gasteiger partial charge < -0.3 is 0 Å². The van der Waals surface area contributed by atoms with Gasteiger partial charge in [0.05, 0.1) is 16.1 Å². The van der Waals surface area contributed by atoms with Gasteiger partial charge in [-0.1, -0.05) is 96.3 Å². The first-order valence-electron chi connectivity index (χ1n) is 12.0. The van der Waals surface area contributed by atoms with Gasteiger partial charge >= 0.3 is 0 Å². The quantitative estimate of drug-likeness (QED) is 0.452. The second kappa shape index (κ2) is 5.58. The van der Waals surface area contributed by atoms with Gasteiger partial charge in [0.1, 0.15) is 0 Å². The number of rotatable bonds is 4. The standard InChI is InChI=1S/C28H32Si2/c1-17-5-9-19(10-6-17)13-15-29(3)25-21-22-26(29)24-23(25)27(21)30(4,28(22)24)16-14-20-11-7-18(2)8-12-20/h5-16,21-28H,1-4H3/b15-13+,16-14+. The molecule has 0 nitrogen and oxygen atoms in total. The number of hydrogen-bond donors (Lipinski definition) is 0. The molecule has 0 aromatic heterocycles. The summed E-state index contributed by atoms with van der Waals surface area (Å²) in [6, 6.07) is 18.3. The summed E-state index contributed by atoms with van der Waals surface area (Å²) < 4.78 is 0. The summed E-state index contributed by atoms with van der Waals surface area (Å²) in [4.78, 5) is 0. The molecule has 0 unspecified atom stereocenters. The summed E-state index contributed by atoms with van der Waals surface area (Å²) in [5, 5.41) is 0. The molecule has 0 spiro atoms. The van der Waals surface area contributed by atoms with Gasteiger partial charge in [0, 0.05) is 0 Å². The van der Waals surface area contributed by atoms with Crippen LogP contribution in [-0.4, -0.2) is 16.1 Å². The van der Waals surface area contributed by atoms with Crippen molar-refractivity contribution in [2.45, 2.75) is 49.1 Å². The molecule has 0 atom stereocenters. The fraction of sp³-hybridized carbons (Fsp3) is 0.429. The Morgan fingerprint density at radius 1 is 0.533 bits per heavy atom. The summed E-state index contributed by atoms with van der Waals surface area (Å²) in [5.41, 5.74) is 15.6. The fourth-order valence-corrected chi connectivity index (χ4v) is 23.4. The summed E-state index contributed by atoms with van der Waals surface area (Å²) in [7, 11) is -2.51. The Labute approximate surface area is 183 Å². The van der Waals surface area contributed by atoms with Crippen LogP contribution in [0.2, 0.25) is 35.3 Å². The van der Waals surface area contributed by atoms with E-state index in [-0.39, 0.29) is 0 Å². The van der Waals surface area contributed by atoms with Crippen molar-refractivity contribution in [2.24, 2.45) is 23.7 Å². The second-order valence-electron chi connectivity index (χ2n) is 11.6. The van der Waals surface area contributed by atoms with Gasteiger partial charge in [0.2, 0.25) is 0 Å². The van der Waals surface area contributed by atoms with E-state index in [1.807, 2.05) is 0 Å². The number of benzene rings is 2. The van der Waals surface area contributed by atoms with Gasteiger partial charge in [0.15, 0.2) is 0 Å². The molecule has 4 aliphatic heterocycles. The minimum absolute atomic E-state index is 1.12. The molecule has 30 heavy (non-hydrogen) atoms. The van der Waals surface area contributed by atoms with Gasteiger partial charge in [-0.2, -0.15) is 0 Å². The van der Waals surface area contributed by atoms with E-state index >= 15 is 0 Å². The van der Waals surface area contributed by atoms with Crippen molar-refractivity contribution >= 4 is 28.3 Å². The highest BCUT2D eigenvalue weighted by atomic mass is 28.3. The van der Waals surface area contributed by atoms with Crippen molar-refractivity contribution in [2.75, 3.05) is 0 Å². The Kier molecular flexibility index (Phi) is 3.34. The van der Waals surface area contributed by atoms with Crippen molar-refractivity contribution in [1.29, 1.82) is 0 Å². The van der Waals surface area contributed by atoms with E-state index in [0.29, 0.717) is 0 Å². The van der Waals surface area contributed by atoms with Crippen LogP contribution in [-0.2, 0) is 0 Å². The zero-order valence-electron chi connectivity index (χ0n) is 18.5. The molecule has 4 bridgehead atoms. The van der Waals surface area contributed by atoms with Gasteiger partial charge in [-0.25, -0.2) is 0 Å². The summed E-state index contributed by atoms with van der Waals surface area (Å²) >= 11 is 0. The maximum absolute atomic E-state index is 2.78. The first-order valence-corrected chi connectivity index (χ1v) is 17.4. The van der Waals surface area contributed by atoms with Crippen LogP contribution < -0.4 is 0 Å². The molecule has 4 saturated heterocycles. The molecule has 2 heteroatoms. The maximum Gasteiger partial charge on any atom is 0.0820 e. The first-order chi connectivity index (χ1) is 14.4. The lowest BCUT2D eigenvalue weighted by molar-refractivity contribution is -0.0323. The Hall–Kier alpha value is -1.65. The lowest BCUT2D eigenvalue weighted by Crippen LogP contribution is -2.48. The second-order valence-corrected chi connectivity index (χ2v) is 20.4. The largest absolute Gasteiger partial charge is 0.0933 e. The highest BCUT2D eigenvalue weighted by molar-refractivity contribution is 6.95. The summed E-state index contributed by atoms with van der Waals surface area (Å²) in [6.45, 7) is 9.88. The monoisotopic (exact) mass is 424 g/mol. The molecule has 0 N–H and O–H groups in total. The van der Waals surface area contributed by atoms with Gasteiger partial charge in [0.25, 0.3) is 0 Å². The van der Waals surface area contributed by atoms with Crippen LogP contribution in [0.5, 0.6) is 0 Å². The predicted molar refractivity (Wildman–Crippen MR) is 133 cm³/mol. The third-order valence-electron chi connectivity index (χ3n) is 10.5. The van der Waals surface area contributed by atoms with Gasteiger partial charge in [-0.3, -0.25) is 0 Å². The van der Waals surface area contributed by atoms with E-state index in [0.717, 1.165) is 45.8 Å². The van der Waals surface area contributed by atoms with E-state index in [4.69, 9.17) is 0 Å². The van der Waals surface area contributed by atoms with E-state index in [1.54, 1.807) is 0 Å². The number of hydrogen-bond acceptors (Lipinski definition) is 0. The van der Waals surface area contributed by atoms with Crippen molar-refractivity contribution in [3.8, 4) is 0 Å². The van der Waals surface area contributed by atoms with Crippen LogP contribution in [0.1, 0.15) is 22.3 Å². The van der Waals surface area contributed by atoms with E-state index in [2.05, 4.69) is 99.0 Å². The molecular weight excluding hydrogens is 392 g/mol. The van der Waals surface area contributed by atoms with Crippen LogP contribution in [0.3, 0.4) is 0 Å². The van der Waals surface area contributed by atoms with Gasteiger partial charge in [-0.15, -0.1) is 0 Å². The lowest BCUT2D eigenvalue weighted by atomic mass is 9.45. The molecule has 4 heterocycles. The zero-order valence-corrected chi connectivity index (χ0v) is 20.5. The summed E-state index contributed by atoms with van der Waals surface area (Å²) in [6.07, 6.45) is 5.00. The molecule has 8 rings (SSSR count). The van der Waals surface area contributed by atoms with Crippen LogP contribution in [0.25, 0.3) is 12.2 Å². The van der Waals surface area contributed by atoms with E-state index in [9.17, 15) is 0 Å². The minimum Gasteiger partial charge on any atom is -0.0933 e. The van der Waals surface area contributed by atoms with Crippen LogP contribution in [0, 0.1) is 37.5 Å². The molecule has 6 fully saturated rings. The highest BCUT2D eigenvalue weighted by Crippen LogP contribution is 3.00. The molecular formula is C28H32Si2. The van der Waals surface area contributed by atoms with Crippen molar-refractivity contribution in [1.82, 2.24) is 0 Å². The average Bonchev–Trinajstić information content (AvgIpc) is 3.14. The van der Waals surface area contributed by atoms with Crippen molar-refractivity contribution < 1.29 is 0 Å². The average molecular weight is 425 g/mol.